The maximum Gasteiger partial charge on any atom is 0.188 e. The van der Waals surface area contributed by atoms with Crippen molar-refractivity contribution in [1.29, 1.82) is 0 Å². The first-order valence-corrected chi connectivity index (χ1v) is 13.5. The molecule has 0 unspecified atom stereocenters. The number of aliphatic imine (C=N–C) groups is 1. The van der Waals surface area contributed by atoms with Gasteiger partial charge in [0.15, 0.2) is 17.5 Å². The van der Waals surface area contributed by atoms with Crippen molar-refractivity contribution >= 4 is 17.5 Å². The van der Waals surface area contributed by atoms with Crippen molar-refractivity contribution < 1.29 is 24.5 Å². The smallest absolute Gasteiger partial charge is 0.188 e. The third-order valence-electron chi connectivity index (χ3n) is 7.13. The first-order valence-electron chi connectivity index (χ1n) is 13.5. The van der Waals surface area contributed by atoms with Crippen LogP contribution in [0.3, 0.4) is 0 Å². The van der Waals surface area contributed by atoms with Crippen LogP contribution < -0.4 is 21.1 Å². The largest absolute Gasteiger partial charge is 0.508 e. The molecule has 2 aromatic rings. The van der Waals surface area contributed by atoms with Gasteiger partial charge < -0.3 is 36.2 Å². The molecular formula is C30H41N5O5. The Labute approximate surface area is 235 Å². The first-order chi connectivity index (χ1) is 19.2. The van der Waals surface area contributed by atoms with Gasteiger partial charge in [-0.15, -0.1) is 0 Å². The second-order valence-electron chi connectivity index (χ2n) is 10.2. The highest BCUT2D eigenvalue weighted by Gasteiger charge is 2.31. The number of benzene rings is 2. The number of guanidine groups is 1. The van der Waals surface area contributed by atoms with Crippen LogP contribution in [0.15, 0.2) is 59.9 Å². The van der Waals surface area contributed by atoms with Gasteiger partial charge in [0.25, 0.3) is 0 Å². The fraction of sp³-hybridized carbons (Fsp3) is 0.433. The van der Waals surface area contributed by atoms with Crippen LogP contribution in [-0.2, 0) is 22.4 Å². The fourth-order valence-electron chi connectivity index (χ4n) is 4.88. The number of nitrogens with zero attached hydrogens (tertiary/aromatic N) is 2. The molecule has 0 saturated carbocycles. The van der Waals surface area contributed by atoms with Gasteiger partial charge >= 0.3 is 0 Å². The molecule has 3 rings (SSSR count). The average Bonchev–Trinajstić information content (AvgIpc) is 3.46. The second kappa shape index (κ2) is 14.8. The van der Waals surface area contributed by atoms with Crippen molar-refractivity contribution in [1.82, 2.24) is 15.5 Å². The molecule has 1 atom stereocenters. The maximum atomic E-state index is 12.7. The number of carbonyl (C=O) groups excluding carboxylic acids is 2. The van der Waals surface area contributed by atoms with E-state index in [1.165, 1.54) is 13.2 Å². The van der Waals surface area contributed by atoms with E-state index < -0.39 is 5.54 Å². The predicted octanol–water partition coefficient (Wildman–Crippen LogP) is 2.98. The number of ketones is 2. The minimum atomic E-state index is -0.487. The van der Waals surface area contributed by atoms with Gasteiger partial charge in [0.1, 0.15) is 17.3 Å². The number of Topliss-reactive ketones (excluding diaryl/α,β-unsaturated/α-hetero) is 2. The van der Waals surface area contributed by atoms with Gasteiger partial charge in [-0.25, -0.2) is 0 Å². The van der Waals surface area contributed by atoms with Crippen molar-refractivity contribution in [3.8, 4) is 17.2 Å². The number of ether oxygens (including phenoxy) is 1. The third-order valence-corrected chi connectivity index (χ3v) is 7.13. The van der Waals surface area contributed by atoms with Gasteiger partial charge in [-0.1, -0.05) is 18.2 Å². The molecular weight excluding hydrogens is 510 g/mol. The predicted molar refractivity (Wildman–Crippen MR) is 155 cm³/mol. The lowest BCUT2D eigenvalue weighted by Crippen LogP contribution is -2.54. The highest BCUT2D eigenvalue weighted by atomic mass is 16.5. The summed E-state index contributed by atoms with van der Waals surface area (Å²) in [5.41, 5.74) is 7.55. The number of nitrogens with two attached hydrogens (primary N) is 1. The number of aryl methyl sites for hydroxylation is 1. The topological polar surface area (TPSA) is 150 Å². The van der Waals surface area contributed by atoms with E-state index in [0.717, 1.165) is 30.8 Å². The zero-order valence-corrected chi connectivity index (χ0v) is 23.4. The SMILES string of the molecule is CN=C(N)N[C@@](CCCC(=O)CC(=O)CCc1ccc(O)c(OC)c1)(CCN1C=CNC1)Cc1ccc(O)cc1. The highest BCUT2D eigenvalue weighted by Crippen LogP contribution is 2.28. The molecule has 1 aliphatic heterocycles. The van der Waals surface area contributed by atoms with Gasteiger partial charge in [-0.3, -0.25) is 14.6 Å². The molecule has 0 fully saturated rings. The molecule has 2 aromatic carbocycles. The summed E-state index contributed by atoms with van der Waals surface area (Å²) in [6.07, 6.45) is 7.39. The number of hydrogen-bond donors (Lipinski definition) is 5. The lowest BCUT2D eigenvalue weighted by Gasteiger charge is -2.37. The number of phenols is 2. The summed E-state index contributed by atoms with van der Waals surface area (Å²) in [5, 5.41) is 26.1. The van der Waals surface area contributed by atoms with Gasteiger partial charge in [0.05, 0.1) is 20.2 Å². The minimum absolute atomic E-state index is 0.0456. The quantitative estimate of drug-likeness (QED) is 0.121. The number of aromatic hydroxyl groups is 2. The van der Waals surface area contributed by atoms with Crippen LogP contribution in [0, 0.1) is 0 Å². The normalized spacial score (nSPS) is 14.4. The summed E-state index contributed by atoms with van der Waals surface area (Å²) in [6, 6.07) is 12.1. The van der Waals surface area contributed by atoms with Crippen LogP contribution in [0.4, 0.5) is 0 Å². The molecule has 6 N–H and O–H groups in total. The average molecular weight is 552 g/mol. The Morgan fingerprint density at radius 1 is 1.10 bits per heavy atom. The summed E-state index contributed by atoms with van der Waals surface area (Å²) in [7, 11) is 3.10. The van der Waals surface area contributed by atoms with Crippen LogP contribution in [0.2, 0.25) is 0 Å². The summed E-state index contributed by atoms with van der Waals surface area (Å²) in [4.78, 5) is 31.6. The second-order valence-corrected chi connectivity index (χ2v) is 10.2. The maximum absolute atomic E-state index is 12.7. The molecule has 0 radical (unpaired) electrons. The van der Waals surface area contributed by atoms with E-state index >= 15 is 0 Å². The Morgan fingerprint density at radius 2 is 1.82 bits per heavy atom. The lowest BCUT2D eigenvalue weighted by atomic mass is 9.82. The Balaban J connectivity index is 1.60. The molecule has 216 valence electrons. The molecule has 0 amide bonds. The Kier molecular flexibility index (Phi) is 11.2. The monoisotopic (exact) mass is 551 g/mol. The van der Waals surface area contributed by atoms with E-state index in [9.17, 15) is 19.8 Å². The fourth-order valence-corrected chi connectivity index (χ4v) is 4.88. The van der Waals surface area contributed by atoms with Crippen LogP contribution in [0.1, 0.15) is 49.7 Å². The standard InChI is InChI=1S/C30H41N5O5/c1-32-29(31)34-30(14-16-35-17-15-33-21-35,20-23-6-9-24(36)10-7-23)13-3-4-25(37)19-26(38)11-5-22-8-12-27(39)28(18-22)40-2/h6-10,12,15,17-18,33,36,39H,3-5,11,13-14,16,19-21H2,1-2H3,(H3,31,32,34)/t30-/m0/s1. The first kappa shape index (κ1) is 30.3. The van der Waals surface area contributed by atoms with Crippen molar-refractivity contribution in [3.63, 3.8) is 0 Å². The van der Waals surface area contributed by atoms with E-state index in [4.69, 9.17) is 10.5 Å². The summed E-state index contributed by atoms with van der Waals surface area (Å²) < 4.78 is 5.12. The van der Waals surface area contributed by atoms with Gasteiger partial charge in [-0.2, -0.15) is 0 Å². The molecule has 0 aromatic heterocycles. The molecule has 0 saturated heterocycles. The summed E-state index contributed by atoms with van der Waals surface area (Å²) in [6.45, 7) is 1.49. The molecule has 10 nitrogen and oxygen atoms in total. The van der Waals surface area contributed by atoms with Crippen molar-refractivity contribution in [2.45, 2.75) is 56.9 Å². The Morgan fingerprint density at radius 3 is 2.50 bits per heavy atom. The van der Waals surface area contributed by atoms with E-state index in [1.807, 2.05) is 24.5 Å². The van der Waals surface area contributed by atoms with Crippen molar-refractivity contribution in [2.75, 3.05) is 27.4 Å². The van der Waals surface area contributed by atoms with E-state index in [0.29, 0.717) is 37.4 Å². The number of hydrogen-bond acceptors (Lipinski definition) is 8. The molecule has 40 heavy (non-hydrogen) atoms. The molecule has 1 aliphatic rings. The highest BCUT2D eigenvalue weighted by molar-refractivity contribution is 5.99. The number of phenolic OH excluding ortho intramolecular Hbond substituents is 2. The molecule has 10 heteroatoms. The Hall–Kier alpha value is -4.21. The Bertz CT molecular complexity index is 1200. The lowest BCUT2D eigenvalue weighted by molar-refractivity contribution is -0.127. The van der Waals surface area contributed by atoms with Crippen molar-refractivity contribution in [2.24, 2.45) is 10.7 Å². The van der Waals surface area contributed by atoms with Crippen molar-refractivity contribution in [3.05, 3.63) is 66.0 Å². The van der Waals surface area contributed by atoms with Gasteiger partial charge in [0.2, 0.25) is 0 Å². The van der Waals surface area contributed by atoms with Crippen LogP contribution >= 0.6 is 0 Å². The summed E-state index contributed by atoms with van der Waals surface area (Å²) in [5.74, 6) is 0.726. The number of methoxy groups -OCH3 is 1. The zero-order valence-electron chi connectivity index (χ0n) is 23.4. The van der Waals surface area contributed by atoms with E-state index in [1.54, 1.807) is 31.3 Å². The molecule has 0 bridgehead atoms. The molecule has 1 heterocycles. The van der Waals surface area contributed by atoms with Crippen LogP contribution in [0.5, 0.6) is 17.2 Å². The van der Waals surface area contributed by atoms with Crippen LogP contribution in [0.25, 0.3) is 0 Å². The number of rotatable bonds is 16. The minimum Gasteiger partial charge on any atom is -0.508 e. The van der Waals surface area contributed by atoms with E-state index in [-0.39, 0.29) is 42.3 Å². The molecule has 0 aliphatic carbocycles. The van der Waals surface area contributed by atoms with Gasteiger partial charge in [0, 0.05) is 44.4 Å². The summed E-state index contributed by atoms with van der Waals surface area (Å²) >= 11 is 0. The van der Waals surface area contributed by atoms with Crippen LogP contribution in [-0.4, -0.2) is 65.5 Å². The van der Waals surface area contributed by atoms with E-state index in [2.05, 4.69) is 20.5 Å². The number of nitrogens with one attached hydrogen (secondary N) is 2. The zero-order chi connectivity index (χ0) is 29.0. The van der Waals surface area contributed by atoms with Gasteiger partial charge in [-0.05, 0) is 67.5 Å². The third kappa shape index (κ3) is 9.52. The number of carbonyl (C=O) groups is 2. The molecule has 0 spiro atoms.